The molecule has 1 aromatic carbocycles. The number of nitriles is 1. The molecule has 0 aliphatic heterocycles. The van der Waals surface area contributed by atoms with E-state index in [-0.39, 0.29) is 0 Å². The monoisotopic (exact) mass is 254 g/mol. The van der Waals surface area contributed by atoms with E-state index >= 15 is 0 Å². The second-order valence-corrected chi connectivity index (χ2v) is 4.06. The van der Waals surface area contributed by atoms with Crippen LogP contribution in [0.15, 0.2) is 36.5 Å². The van der Waals surface area contributed by atoms with Crippen LogP contribution in [0.1, 0.15) is 16.7 Å². The molecule has 2 aromatic rings. The standard InChI is InChI=1S/C15H14N2O2/c1-11-7-8-17-15(14(11)9-16)19-10-12-3-5-13(18-2)6-4-12/h3-8H,10H2,1-2H3. The maximum atomic E-state index is 9.08. The second kappa shape index (κ2) is 5.87. The van der Waals surface area contributed by atoms with Gasteiger partial charge in [0.1, 0.15) is 24.0 Å². The molecule has 0 spiro atoms. The van der Waals surface area contributed by atoms with Gasteiger partial charge in [0.05, 0.1) is 7.11 Å². The number of methoxy groups -OCH3 is 1. The molecule has 0 radical (unpaired) electrons. The van der Waals surface area contributed by atoms with E-state index in [2.05, 4.69) is 11.1 Å². The highest BCUT2D eigenvalue weighted by molar-refractivity contribution is 5.43. The number of aryl methyl sites for hydroxylation is 1. The summed E-state index contributed by atoms with van der Waals surface area (Å²) in [7, 11) is 1.63. The highest BCUT2D eigenvalue weighted by Crippen LogP contribution is 2.19. The zero-order valence-electron chi connectivity index (χ0n) is 10.9. The minimum atomic E-state index is 0.370. The molecule has 4 heteroatoms. The Morgan fingerprint density at radius 1 is 1.21 bits per heavy atom. The van der Waals surface area contributed by atoms with Gasteiger partial charge >= 0.3 is 0 Å². The van der Waals surface area contributed by atoms with Crippen molar-refractivity contribution in [2.24, 2.45) is 0 Å². The van der Waals surface area contributed by atoms with Gasteiger partial charge in [-0.2, -0.15) is 5.26 Å². The average molecular weight is 254 g/mol. The highest BCUT2D eigenvalue weighted by atomic mass is 16.5. The zero-order valence-corrected chi connectivity index (χ0v) is 10.9. The van der Waals surface area contributed by atoms with Gasteiger partial charge in [-0.1, -0.05) is 12.1 Å². The Bertz CT molecular complexity index is 601. The van der Waals surface area contributed by atoms with Crippen molar-refractivity contribution in [1.29, 1.82) is 5.26 Å². The number of benzene rings is 1. The summed E-state index contributed by atoms with van der Waals surface area (Å²) in [5.41, 5.74) is 2.34. The van der Waals surface area contributed by atoms with Crippen molar-refractivity contribution in [3.63, 3.8) is 0 Å². The Morgan fingerprint density at radius 2 is 1.95 bits per heavy atom. The molecule has 0 aliphatic rings. The van der Waals surface area contributed by atoms with Crippen molar-refractivity contribution >= 4 is 0 Å². The Hall–Kier alpha value is -2.54. The molecule has 0 amide bonds. The summed E-state index contributed by atoms with van der Waals surface area (Å²) in [6.45, 7) is 2.23. The molecule has 0 N–H and O–H groups in total. The molecule has 96 valence electrons. The third-order valence-electron chi connectivity index (χ3n) is 2.77. The highest BCUT2D eigenvalue weighted by Gasteiger charge is 2.07. The predicted octanol–water partition coefficient (Wildman–Crippen LogP) is 2.85. The van der Waals surface area contributed by atoms with Crippen LogP contribution in [0.4, 0.5) is 0 Å². The van der Waals surface area contributed by atoms with Gasteiger partial charge in [0.2, 0.25) is 5.88 Å². The number of pyridine rings is 1. The van der Waals surface area contributed by atoms with Gasteiger partial charge in [-0.25, -0.2) is 4.98 Å². The van der Waals surface area contributed by atoms with Crippen molar-refractivity contribution in [3.8, 4) is 17.7 Å². The second-order valence-electron chi connectivity index (χ2n) is 4.06. The van der Waals surface area contributed by atoms with Crippen LogP contribution in [0.2, 0.25) is 0 Å². The van der Waals surface area contributed by atoms with Crippen LogP contribution < -0.4 is 9.47 Å². The van der Waals surface area contributed by atoms with Gasteiger partial charge < -0.3 is 9.47 Å². The van der Waals surface area contributed by atoms with Crippen LogP contribution in [-0.2, 0) is 6.61 Å². The van der Waals surface area contributed by atoms with Gasteiger partial charge in [0.25, 0.3) is 0 Å². The van der Waals surface area contributed by atoms with Gasteiger partial charge in [-0.15, -0.1) is 0 Å². The summed E-state index contributed by atoms with van der Waals surface area (Å²) in [4.78, 5) is 4.09. The van der Waals surface area contributed by atoms with Crippen LogP contribution in [0.5, 0.6) is 11.6 Å². The smallest absolute Gasteiger partial charge is 0.232 e. The summed E-state index contributed by atoms with van der Waals surface area (Å²) >= 11 is 0. The van der Waals surface area contributed by atoms with E-state index in [0.29, 0.717) is 18.1 Å². The third-order valence-corrected chi connectivity index (χ3v) is 2.77. The minimum Gasteiger partial charge on any atom is -0.497 e. The Kier molecular flexibility index (Phi) is 3.99. The van der Waals surface area contributed by atoms with Crippen LogP contribution >= 0.6 is 0 Å². The molecular formula is C15H14N2O2. The first-order valence-electron chi connectivity index (χ1n) is 5.86. The van der Waals surface area contributed by atoms with E-state index in [4.69, 9.17) is 14.7 Å². The molecule has 0 saturated carbocycles. The maximum absolute atomic E-state index is 9.08. The van der Waals surface area contributed by atoms with Crippen molar-refractivity contribution < 1.29 is 9.47 Å². The molecule has 2 rings (SSSR count). The van der Waals surface area contributed by atoms with Crippen molar-refractivity contribution in [2.75, 3.05) is 7.11 Å². The predicted molar refractivity (Wildman–Crippen MR) is 71.0 cm³/mol. The SMILES string of the molecule is COc1ccc(COc2nccc(C)c2C#N)cc1. The first-order chi connectivity index (χ1) is 9.24. The van der Waals surface area contributed by atoms with Gasteiger partial charge in [0, 0.05) is 6.20 Å². The van der Waals surface area contributed by atoms with Gasteiger partial charge in [-0.05, 0) is 36.2 Å². The van der Waals surface area contributed by atoms with Crippen LogP contribution in [0, 0.1) is 18.3 Å². The first-order valence-corrected chi connectivity index (χ1v) is 5.86. The van der Waals surface area contributed by atoms with Crippen molar-refractivity contribution in [2.45, 2.75) is 13.5 Å². The minimum absolute atomic E-state index is 0.370. The quantitative estimate of drug-likeness (QED) is 0.841. The zero-order chi connectivity index (χ0) is 13.7. The summed E-state index contributed by atoms with van der Waals surface area (Å²) in [5, 5.41) is 9.08. The molecule has 4 nitrogen and oxygen atoms in total. The number of hydrogen-bond acceptors (Lipinski definition) is 4. The van der Waals surface area contributed by atoms with E-state index in [0.717, 1.165) is 16.9 Å². The van der Waals surface area contributed by atoms with E-state index in [1.54, 1.807) is 19.4 Å². The van der Waals surface area contributed by atoms with Crippen LogP contribution in [0.25, 0.3) is 0 Å². The number of hydrogen-bond donors (Lipinski definition) is 0. The topological polar surface area (TPSA) is 55.1 Å². The number of rotatable bonds is 4. The Labute approximate surface area is 112 Å². The normalized spacial score (nSPS) is 9.74. The molecular weight excluding hydrogens is 240 g/mol. The molecule has 1 heterocycles. The fourth-order valence-electron chi connectivity index (χ4n) is 1.65. The van der Waals surface area contributed by atoms with Crippen LogP contribution in [0.3, 0.4) is 0 Å². The van der Waals surface area contributed by atoms with E-state index in [9.17, 15) is 0 Å². The number of ether oxygens (including phenoxy) is 2. The summed E-state index contributed by atoms with van der Waals surface area (Å²) in [6, 6.07) is 11.5. The molecule has 0 bridgehead atoms. The largest absolute Gasteiger partial charge is 0.497 e. The molecule has 0 unspecified atom stereocenters. The number of nitrogens with zero attached hydrogens (tertiary/aromatic N) is 2. The lowest BCUT2D eigenvalue weighted by Crippen LogP contribution is -2.00. The fourth-order valence-corrected chi connectivity index (χ4v) is 1.65. The van der Waals surface area contributed by atoms with E-state index in [1.165, 1.54) is 0 Å². The lowest BCUT2D eigenvalue weighted by molar-refractivity contribution is 0.292. The molecule has 1 aromatic heterocycles. The molecule has 0 fully saturated rings. The van der Waals surface area contributed by atoms with Crippen LogP contribution in [-0.4, -0.2) is 12.1 Å². The van der Waals surface area contributed by atoms with Crippen molar-refractivity contribution in [3.05, 3.63) is 53.2 Å². The lowest BCUT2D eigenvalue weighted by atomic mass is 10.2. The summed E-state index contributed by atoms with van der Waals surface area (Å²) < 4.78 is 10.7. The Balaban J connectivity index is 2.10. The van der Waals surface area contributed by atoms with Gasteiger partial charge in [0.15, 0.2) is 0 Å². The molecule has 0 atom stereocenters. The average Bonchev–Trinajstić information content (AvgIpc) is 2.45. The summed E-state index contributed by atoms with van der Waals surface area (Å²) in [6.07, 6.45) is 1.64. The maximum Gasteiger partial charge on any atom is 0.232 e. The third kappa shape index (κ3) is 3.02. The number of aromatic nitrogens is 1. The fraction of sp³-hybridized carbons (Fsp3) is 0.200. The molecule has 0 saturated heterocycles. The van der Waals surface area contributed by atoms with E-state index < -0.39 is 0 Å². The van der Waals surface area contributed by atoms with Gasteiger partial charge in [-0.3, -0.25) is 0 Å². The Morgan fingerprint density at radius 3 is 2.58 bits per heavy atom. The van der Waals surface area contributed by atoms with E-state index in [1.807, 2.05) is 31.2 Å². The van der Waals surface area contributed by atoms with Crippen molar-refractivity contribution in [1.82, 2.24) is 4.98 Å². The summed E-state index contributed by atoms with van der Waals surface area (Å²) in [5.74, 6) is 1.17. The first kappa shape index (κ1) is 12.9. The molecule has 0 aliphatic carbocycles. The lowest BCUT2D eigenvalue weighted by Gasteiger charge is -2.08. The molecule has 19 heavy (non-hydrogen) atoms.